The number of phenolic OH excluding ortho intramolecular Hbond substituents is 1. The maximum Gasteiger partial charge on any atom is 0.254 e. The molecule has 1 atom stereocenters. The predicted octanol–water partition coefficient (Wildman–Crippen LogP) is 2.67. The Morgan fingerprint density at radius 3 is 2.81 bits per heavy atom. The number of phenols is 1. The molecular formula is C20H25N3O3. The average Bonchev–Trinajstić information content (AvgIpc) is 3.15. The van der Waals surface area contributed by atoms with Gasteiger partial charge < -0.3 is 19.6 Å². The first-order valence-electron chi connectivity index (χ1n) is 8.85. The van der Waals surface area contributed by atoms with Crippen LogP contribution < -0.4 is 4.90 Å². The van der Waals surface area contributed by atoms with Gasteiger partial charge >= 0.3 is 0 Å². The summed E-state index contributed by atoms with van der Waals surface area (Å²) in [6.07, 6.45) is 3.65. The zero-order valence-corrected chi connectivity index (χ0v) is 15.3. The van der Waals surface area contributed by atoms with Crippen LogP contribution in [0.15, 0.2) is 42.6 Å². The third kappa shape index (κ3) is 4.32. The Hall–Kier alpha value is -2.60. The molecular weight excluding hydrogens is 330 g/mol. The number of carbonyl (C=O) groups is 1. The van der Waals surface area contributed by atoms with Crippen molar-refractivity contribution in [3.63, 3.8) is 0 Å². The molecule has 0 spiro atoms. The van der Waals surface area contributed by atoms with Crippen LogP contribution in [0.3, 0.4) is 0 Å². The predicted molar refractivity (Wildman–Crippen MR) is 100 cm³/mol. The van der Waals surface area contributed by atoms with Crippen molar-refractivity contribution in [2.75, 3.05) is 32.1 Å². The average molecular weight is 355 g/mol. The van der Waals surface area contributed by atoms with E-state index in [0.717, 1.165) is 30.8 Å². The second-order valence-corrected chi connectivity index (χ2v) is 6.75. The standard InChI is InChI=1S/C20H25N3O3/c1-22(2)19-12-15(9-10-21-19)20(25)23(14-17-7-5-11-26-17)13-16-6-3-4-8-18(16)24/h3-4,6,8-10,12,17,24H,5,7,11,13-14H2,1-2H3. The van der Waals surface area contributed by atoms with Crippen molar-refractivity contribution in [1.82, 2.24) is 9.88 Å². The van der Waals surface area contributed by atoms with Crippen LogP contribution in [0.5, 0.6) is 5.75 Å². The lowest BCUT2D eigenvalue weighted by molar-refractivity contribution is 0.0506. The van der Waals surface area contributed by atoms with Crippen LogP contribution in [0.2, 0.25) is 0 Å². The molecule has 1 unspecified atom stereocenters. The second-order valence-electron chi connectivity index (χ2n) is 6.75. The Balaban J connectivity index is 1.85. The van der Waals surface area contributed by atoms with Gasteiger partial charge in [0, 0.05) is 51.1 Å². The van der Waals surface area contributed by atoms with E-state index in [1.54, 1.807) is 35.4 Å². The summed E-state index contributed by atoms with van der Waals surface area (Å²) in [4.78, 5) is 21.1. The molecule has 6 heteroatoms. The minimum absolute atomic E-state index is 0.0416. The summed E-state index contributed by atoms with van der Waals surface area (Å²) in [6, 6.07) is 10.6. The number of hydrogen-bond acceptors (Lipinski definition) is 5. The summed E-state index contributed by atoms with van der Waals surface area (Å²) in [7, 11) is 3.78. The molecule has 1 saturated heterocycles. The molecule has 3 rings (SSSR count). The van der Waals surface area contributed by atoms with Crippen LogP contribution >= 0.6 is 0 Å². The van der Waals surface area contributed by atoms with E-state index >= 15 is 0 Å². The van der Waals surface area contributed by atoms with Gasteiger partial charge in [-0.2, -0.15) is 0 Å². The zero-order valence-electron chi connectivity index (χ0n) is 15.3. The number of carbonyl (C=O) groups excluding carboxylic acids is 1. The van der Waals surface area contributed by atoms with Crippen molar-refractivity contribution in [1.29, 1.82) is 0 Å². The largest absolute Gasteiger partial charge is 0.508 e. The van der Waals surface area contributed by atoms with Gasteiger partial charge in [0.25, 0.3) is 5.91 Å². The summed E-state index contributed by atoms with van der Waals surface area (Å²) in [6.45, 7) is 1.58. The lowest BCUT2D eigenvalue weighted by Crippen LogP contribution is -2.37. The number of aromatic hydroxyl groups is 1. The second kappa shape index (κ2) is 8.19. The number of ether oxygens (including phenoxy) is 1. The molecule has 1 aromatic carbocycles. The summed E-state index contributed by atoms with van der Waals surface area (Å²) in [5, 5.41) is 10.1. The van der Waals surface area contributed by atoms with Crippen LogP contribution in [0.1, 0.15) is 28.8 Å². The maximum absolute atomic E-state index is 13.2. The first kappa shape index (κ1) is 18.2. The smallest absolute Gasteiger partial charge is 0.254 e. The number of para-hydroxylation sites is 1. The molecule has 6 nitrogen and oxygen atoms in total. The van der Waals surface area contributed by atoms with Crippen molar-refractivity contribution in [2.45, 2.75) is 25.5 Å². The van der Waals surface area contributed by atoms with Crippen LogP contribution in [0.4, 0.5) is 5.82 Å². The third-order valence-corrected chi connectivity index (χ3v) is 4.54. The number of pyridine rings is 1. The SMILES string of the molecule is CN(C)c1cc(C(=O)N(Cc2ccccc2O)CC2CCCO2)ccn1. The van der Waals surface area contributed by atoms with Crippen LogP contribution in [-0.2, 0) is 11.3 Å². The first-order chi connectivity index (χ1) is 12.5. The molecule has 1 aliphatic rings. The lowest BCUT2D eigenvalue weighted by atomic mass is 10.1. The van der Waals surface area contributed by atoms with E-state index in [1.807, 2.05) is 31.1 Å². The molecule has 0 radical (unpaired) electrons. The van der Waals surface area contributed by atoms with Crippen molar-refractivity contribution >= 4 is 11.7 Å². The number of amides is 1. The fourth-order valence-corrected chi connectivity index (χ4v) is 3.08. The van der Waals surface area contributed by atoms with Gasteiger partial charge in [0.1, 0.15) is 11.6 Å². The summed E-state index contributed by atoms with van der Waals surface area (Å²) in [5.41, 5.74) is 1.30. The Bertz CT molecular complexity index is 757. The third-order valence-electron chi connectivity index (χ3n) is 4.54. The van der Waals surface area contributed by atoms with Gasteiger partial charge in [-0.05, 0) is 31.0 Å². The molecule has 1 N–H and O–H groups in total. The molecule has 0 saturated carbocycles. The van der Waals surface area contributed by atoms with Gasteiger partial charge in [0.2, 0.25) is 0 Å². The van der Waals surface area contributed by atoms with Gasteiger partial charge in [0.15, 0.2) is 0 Å². The minimum Gasteiger partial charge on any atom is -0.508 e. The molecule has 1 aliphatic heterocycles. The lowest BCUT2D eigenvalue weighted by Gasteiger charge is -2.26. The summed E-state index contributed by atoms with van der Waals surface area (Å²) >= 11 is 0. The number of nitrogens with zero attached hydrogens (tertiary/aromatic N) is 3. The Labute approximate surface area is 154 Å². The highest BCUT2D eigenvalue weighted by molar-refractivity contribution is 5.94. The highest BCUT2D eigenvalue weighted by Crippen LogP contribution is 2.22. The molecule has 1 amide bonds. The Morgan fingerprint density at radius 2 is 2.12 bits per heavy atom. The Morgan fingerprint density at radius 1 is 1.31 bits per heavy atom. The van der Waals surface area contributed by atoms with Gasteiger partial charge in [-0.1, -0.05) is 18.2 Å². The quantitative estimate of drug-likeness (QED) is 0.863. The molecule has 26 heavy (non-hydrogen) atoms. The van der Waals surface area contributed by atoms with Gasteiger partial charge in [-0.3, -0.25) is 4.79 Å². The van der Waals surface area contributed by atoms with Crippen molar-refractivity contribution in [3.8, 4) is 5.75 Å². The van der Waals surface area contributed by atoms with Gasteiger partial charge in [-0.15, -0.1) is 0 Å². The highest BCUT2D eigenvalue weighted by Gasteiger charge is 2.24. The number of aromatic nitrogens is 1. The molecule has 2 aromatic rings. The van der Waals surface area contributed by atoms with E-state index in [0.29, 0.717) is 18.7 Å². The number of rotatable bonds is 6. The molecule has 0 aliphatic carbocycles. The normalized spacial score (nSPS) is 16.5. The van der Waals surface area contributed by atoms with Crippen molar-refractivity contribution in [3.05, 3.63) is 53.7 Å². The zero-order chi connectivity index (χ0) is 18.5. The topological polar surface area (TPSA) is 65.9 Å². The molecule has 2 heterocycles. The molecule has 138 valence electrons. The van der Waals surface area contributed by atoms with E-state index in [9.17, 15) is 9.90 Å². The fraction of sp³-hybridized carbons (Fsp3) is 0.400. The van der Waals surface area contributed by atoms with E-state index in [1.165, 1.54) is 0 Å². The summed E-state index contributed by atoms with van der Waals surface area (Å²) in [5.74, 6) is 0.839. The van der Waals surface area contributed by atoms with Crippen molar-refractivity contribution in [2.24, 2.45) is 0 Å². The van der Waals surface area contributed by atoms with E-state index in [4.69, 9.17) is 4.74 Å². The summed E-state index contributed by atoms with van der Waals surface area (Å²) < 4.78 is 5.72. The van der Waals surface area contributed by atoms with Crippen LogP contribution in [0, 0.1) is 0 Å². The van der Waals surface area contributed by atoms with Crippen molar-refractivity contribution < 1.29 is 14.6 Å². The number of hydrogen-bond donors (Lipinski definition) is 1. The Kier molecular flexibility index (Phi) is 5.73. The number of benzene rings is 1. The molecule has 0 bridgehead atoms. The van der Waals surface area contributed by atoms with E-state index in [2.05, 4.69) is 4.98 Å². The van der Waals surface area contributed by atoms with Gasteiger partial charge in [-0.25, -0.2) is 4.98 Å². The molecule has 1 fully saturated rings. The molecule has 1 aromatic heterocycles. The van der Waals surface area contributed by atoms with Crippen LogP contribution in [-0.4, -0.2) is 54.2 Å². The maximum atomic E-state index is 13.2. The minimum atomic E-state index is -0.0887. The highest BCUT2D eigenvalue weighted by atomic mass is 16.5. The van der Waals surface area contributed by atoms with Gasteiger partial charge in [0.05, 0.1) is 6.10 Å². The van der Waals surface area contributed by atoms with E-state index in [-0.39, 0.29) is 17.8 Å². The number of anilines is 1. The van der Waals surface area contributed by atoms with Crippen LogP contribution in [0.25, 0.3) is 0 Å². The first-order valence-corrected chi connectivity index (χ1v) is 8.85. The van der Waals surface area contributed by atoms with E-state index < -0.39 is 0 Å². The fourth-order valence-electron chi connectivity index (χ4n) is 3.08. The monoisotopic (exact) mass is 355 g/mol.